The number of carbonyl (C=O) groups excluding carboxylic acids is 1. The van der Waals surface area contributed by atoms with Crippen LogP contribution in [0, 0.1) is 17.7 Å². The van der Waals surface area contributed by atoms with Crippen molar-refractivity contribution in [3.63, 3.8) is 0 Å². The lowest BCUT2D eigenvalue weighted by Crippen LogP contribution is -2.40. The van der Waals surface area contributed by atoms with Crippen LogP contribution >= 0.6 is 12.4 Å². The van der Waals surface area contributed by atoms with E-state index in [-0.39, 0.29) is 24.1 Å². The van der Waals surface area contributed by atoms with Gasteiger partial charge in [-0.05, 0) is 49.9 Å². The first-order valence-electron chi connectivity index (χ1n) is 8.08. The highest BCUT2D eigenvalue weighted by atomic mass is 35.5. The lowest BCUT2D eigenvalue weighted by Gasteiger charge is -2.32. The first kappa shape index (κ1) is 18.0. The first-order chi connectivity index (χ1) is 10.6. The number of ether oxygens (including phenoxy) is 1. The molecule has 1 aromatic carbocycles. The lowest BCUT2D eigenvalue weighted by atomic mass is 9.85. The van der Waals surface area contributed by atoms with Crippen LogP contribution in [0.5, 0.6) is 5.75 Å². The zero-order valence-electron chi connectivity index (χ0n) is 13.4. The Morgan fingerprint density at radius 3 is 3.09 bits per heavy atom. The number of anilines is 1. The minimum absolute atomic E-state index is 0. The third kappa shape index (κ3) is 4.15. The summed E-state index contributed by atoms with van der Waals surface area (Å²) in [7, 11) is 0. The zero-order chi connectivity index (χ0) is 15.5. The second kappa shape index (κ2) is 7.97. The zero-order valence-corrected chi connectivity index (χ0v) is 14.2. The van der Waals surface area contributed by atoms with E-state index in [1.54, 1.807) is 11.0 Å². The minimum atomic E-state index is -0.338. The molecule has 1 N–H and O–H groups in total. The van der Waals surface area contributed by atoms with Crippen molar-refractivity contribution in [2.75, 3.05) is 31.1 Å². The smallest absolute Gasteiger partial charge is 0.227 e. The van der Waals surface area contributed by atoms with Crippen LogP contribution in [0.4, 0.5) is 10.1 Å². The average molecular weight is 343 g/mol. The molecular weight excluding hydrogens is 319 g/mol. The summed E-state index contributed by atoms with van der Waals surface area (Å²) in [6.45, 7) is 5.19. The number of rotatable bonds is 3. The van der Waals surface area contributed by atoms with E-state index in [1.807, 2.05) is 0 Å². The van der Waals surface area contributed by atoms with Crippen molar-refractivity contribution in [2.45, 2.75) is 26.2 Å². The number of nitrogens with one attached hydrogen (secondary N) is 1. The number of benzene rings is 1. The highest BCUT2D eigenvalue weighted by Crippen LogP contribution is 2.33. The largest absolute Gasteiger partial charge is 0.489 e. The van der Waals surface area contributed by atoms with E-state index in [0.717, 1.165) is 13.1 Å². The number of amides is 1. The van der Waals surface area contributed by atoms with Crippen molar-refractivity contribution in [2.24, 2.45) is 11.8 Å². The average Bonchev–Trinajstić information content (AvgIpc) is 2.54. The molecule has 6 heteroatoms. The van der Waals surface area contributed by atoms with Crippen LogP contribution in [-0.4, -0.2) is 32.1 Å². The third-order valence-electron chi connectivity index (χ3n) is 4.72. The van der Waals surface area contributed by atoms with Gasteiger partial charge in [0.05, 0.1) is 12.2 Å². The molecule has 0 radical (unpaired) electrons. The summed E-state index contributed by atoms with van der Waals surface area (Å²) in [5.41, 5.74) is 0.687. The van der Waals surface area contributed by atoms with Crippen molar-refractivity contribution < 1.29 is 13.9 Å². The summed E-state index contributed by atoms with van der Waals surface area (Å²) in [6, 6.07) is 4.36. The molecule has 3 rings (SSSR count). The molecule has 0 saturated carbocycles. The maximum absolute atomic E-state index is 13.3. The predicted octanol–water partition coefficient (Wildman–Crippen LogP) is 3.00. The van der Waals surface area contributed by atoms with Gasteiger partial charge in [-0.15, -0.1) is 12.4 Å². The molecule has 4 nitrogen and oxygen atoms in total. The fourth-order valence-electron chi connectivity index (χ4n) is 3.37. The number of halogens is 2. The molecule has 2 atom stereocenters. The monoisotopic (exact) mass is 342 g/mol. The van der Waals surface area contributed by atoms with Crippen LogP contribution in [0.1, 0.15) is 26.2 Å². The van der Waals surface area contributed by atoms with Gasteiger partial charge >= 0.3 is 0 Å². The van der Waals surface area contributed by atoms with Crippen LogP contribution < -0.4 is 15.0 Å². The van der Waals surface area contributed by atoms with Gasteiger partial charge in [0.25, 0.3) is 0 Å². The van der Waals surface area contributed by atoms with Crippen LogP contribution in [0.15, 0.2) is 18.2 Å². The number of hydrogen-bond donors (Lipinski definition) is 1. The molecule has 0 bridgehead atoms. The SMILES string of the molecule is CC(CC(=O)N1CCOc2cc(F)ccc21)C1CCCNC1.Cl. The number of hydrogen-bond acceptors (Lipinski definition) is 3. The Morgan fingerprint density at radius 1 is 1.52 bits per heavy atom. The fraction of sp³-hybridized carbons (Fsp3) is 0.588. The molecule has 2 aliphatic heterocycles. The molecule has 1 aromatic rings. The van der Waals surface area contributed by atoms with Gasteiger partial charge < -0.3 is 15.0 Å². The molecule has 0 spiro atoms. The van der Waals surface area contributed by atoms with Crippen molar-refractivity contribution in [3.8, 4) is 5.75 Å². The molecule has 0 aromatic heterocycles. The second-order valence-electron chi connectivity index (χ2n) is 6.29. The van der Waals surface area contributed by atoms with Gasteiger partial charge in [0, 0.05) is 12.5 Å². The van der Waals surface area contributed by atoms with Gasteiger partial charge in [-0.25, -0.2) is 4.39 Å². The molecule has 128 valence electrons. The summed E-state index contributed by atoms with van der Waals surface area (Å²) < 4.78 is 18.7. The quantitative estimate of drug-likeness (QED) is 0.918. The Morgan fingerprint density at radius 2 is 2.35 bits per heavy atom. The highest BCUT2D eigenvalue weighted by molar-refractivity contribution is 5.95. The molecule has 2 heterocycles. The van der Waals surface area contributed by atoms with E-state index in [1.165, 1.54) is 25.0 Å². The van der Waals surface area contributed by atoms with Crippen LogP contribution in [0.2, 0.25) is 0 Å². The van der Waals surface area contributed by atoms with E-state index in [0.29, 0.717) is 42.8 Å². The van der Waals surface area contributed by atoms with E-state index in [4.69, 9.17) is 4.74 Å². The van der Waals surface area contributed by atoms with Gasteiger partial charge in [-0.2, -0.15) is 0 Å². The second-order valence-corrected chi connectivity index (χ2v) is 6.29. The summed E-state index contributed by atoms with van der Waals surface area (Å²) in [5, 5.41) is 3.40. The maximum atomic E-state index is 13.3. The molecule has 1 fully saturated rings. The summed E-state index contributed by atoms with van der Waals surface area (Å²) >= 11 is 0. The van der Waals surface area contributed by atoms with Gasteiger partial charge in [0.15, 0.2) is 0 Å². The number of nitrogens with zero attached hydrogens (tertiary/aromatic N) is 1. The van der Waals surface area contributed by atoms with Crippen LogP contribution in [-0.2, 0) is 4.79 Å². The van der Waals surface area contributed by atoms with Crippen LogP contribution in [0.3, 0.4) is 0 Å². The van der Waals surface area contributed by atoms with Gasteiger partial charge in [-0.1, -0.05) is 6.92 Å². The Labute approximate surface area is 142 Å². The standard InChI is InChI=1S/C17H23FN2O2.ClH/c1-12(13-3-2-6-19-11-13)9-17(21)20-7-8-22-16-10-14(18)4-5-15(16)20;/h4-5,10,12-13,19H,2-3,6-9,11H2,1H3;1H. The summed E-state index contributed by atoms with van der Waals surface area (Å²) in [6.07, 6.45) is 2.90. The topological polar surface area (TPSA) is 41.6 Å². The molecule has 1 saturated heterocycles. The lowest BCUT2D eigenvalue weighted by molar-refractivity contribution is -0.120. The van der Waals surface area contributed by atoms with Crippen molar-refractivity contribution in [1.82, 2.24) is 5.32 Å². The maximum Gasteiger partial charge on any atom is 0.227 e. The van der Waals surface area contributed by atoms with Gasteiger partial charge in [0.2, 0.25) is 5.91 Å². The molecule has 2 unspecified atom stereocenters. The Bertz CT molecular complexity index is 549. The highest BCUT2D eigenvalue weighted by Gasteiger charge is 2.28. The first-order valence-corrected chi connectivity index (χ1v) is 8.08. The van der Waals surface area contributed by atoms with E-state index in [9.17, 15) is 9.18 Å². The number of carbonyl (C=O) groups is 1. The molecule has 2 aliphatic rings. The Balaban J connectivity index is 0.00000192. The predicted molar refractivity (Wildman–Crippen MR) is 90.9 cm³/mol. The van der Waals surface area contributed by atoms with E-state index < -0.39 is 0 Å². The molecular formula is C17H24ClFN2O2. The van der Waals surface area contributed by atoms with Gasteiger partial charge in [-0.3, -0.25) is 4.79 Å². The normalized spacial score (nSPS) is 21.7. The van der Waals surface area contributed by atoms with E-state index >= 15 is 0 Å². The summed E-state index contributed by atoms with van der Waals surface area (Å²) in [4.78, 5) is 14.4. The summed E-state index contributed by atoms with van der Waals surface area (Å²) in [5.74, 6) is 1.15. The Kier molecular flexibility index (Phi) is 6.25. The molecule has 23 heavy (non-hydrogen) atoms. The Hall–Kier alpha value is -1.33. The van der Waals surface area contributed by atoms with E-state index in [2.05, 4.69) is 12.2 Å². The number of piperidine rings is 1. The number of fused-ring (bicyclic) bond motifs is 1. The van der Waals surface area contributed by atoms with Crippen molar-refractivity contribution in [3.05, 3.63) is 24.0 Å². The third-order valence-corrected chi connectivity index (χ3v) is 4.72. The fourth-order valence-corrected chi connectivity index (χ4v) is 3.37. The molecule has 0 aliphatic carbocycles. The van der Waals surface area contributed by atoms with Gasteiger partial charge in [0.1, 0.15) is 18.2 Å². The van der Waals surface area contributed by atoms with Crippen molar-refractivity contribution in [1.29, 1.82) is 0 Å². The molecule has 1 amide bonds. The van der Waals surface area contributed by atoms with Crippen molar-refractivity contribution >= 4 is 24.0 Å². The van der Waals surface area contributed by atoms with Crippen LogP contribution in [0.25, 0.3) is 0 Å². The minimum Gasteiger partial charge on any atom is -0.489 e.